The fourth-order valence-corrected chi connectivity index (χ4v) is 1.29. The quantitative estimate of drug-likeness (QED) is 0.690. The molecule has 0 aliphatic rings. The van der Waals surface area contributed by atoms with E-state index in [0.29, 0.717) is 30.3 Å². The number of nitrogens with zero attached hydrogens (tertiary/aromatic N) is 1. The van der Waals surface area contributed by atoms with Gasteiger partial charge in [-0.15, -0.1) is 0 Å². The lowest BCUT2D eigenvalue weighted by Gasteiger charge is -2.11. The Morgan fingerprint density at radius 3 is 2.62 bits per heavy atom. The van der Waals surface area contributed by atoms with Crippen LogP contribution >= 0.6 is 0 Å². The molecule has 0 amide bonds. The van der Waals surface area contributed by atoms with Crippen LogP contribution in [0.25, 0.3) is 0 Å². The first-order valence-electron chi connectivity index (χ1n) is 5.61. The molecule has 0 fully saturated rings. The van der Waals surface area contributed by atoms with Crippen LogP contribution in [-0.2, 0) is 0 Å². The van der Waals surface area contributed by atoms with Gasteiger partial charge in [0.25, 0.3) is 0 Å². The van der Waals surface area contributed by atoms with E-state index in [0.717, 1.165) is 12.8 Å². The molecular weight excluding hydrogens is 202 g/mol. The van der Waals surface area contributed by atoms with Gasteiger partial charge >= 0.3 is 0 Å². The first-order valence-corrected chi connectivity index (χ1v) is 5.61. The Morgan fingerprint density at radius 2 is 2.00 bits per heavy atom. The molecule has 1 rings (SSSR count). The third-order valence-corrected chi connectivity index (χ3v) is 2.13. The Labute approximate surface area is 96.6 Å². The van der Waals surface area contributed by atoms with Crippen molar-refractivity contribution in [1.82, 2.24) is 0 Å². The number of ether oxygens (including phenoxy) is 2. The molecule has 3 heteroatoms. The first kappa shape index (κ1) is 12.4. The molecule has 0 heterocycles. The molecule has 3 nitrogen and oxygen atoms in total. The molecule has 0 unspecified atom stereocenters. The summed E-state index contributed by atoms with van der Waals surface area (Å²) in [5, 5.41) is 8.79. The lowest BCUT2D eigenvalue weighted by atomic mass is 10.2. The Bertz CT molecular complexity index is 369. The Morgan fingerprint density at radius 1 is 1.19 bits per heavy atom. The maximum atomic E-state index is 8.79. The van der Waals surface area contributed by atoms with Gasteiger partial charge in [-0.25, -0.2) is 0 Å². The highest BCUT2D eigenvalue weighted by Gasteiger charge is 2.05. The number of hydrogen-bond acceptors (Lipinski definition) is 3. The van der Waals surface area contributed by atoms with Gasteiger partial charge in [-0.1, -0.05) is 13.3 Å². The van der Waals surface area contributed by atoms with Crippen LogP contribution in [0.15, 0.2) is 18.2 Å². The monoisotopic (exact) mass is 219 g/mol. The van der Waals surface area contributed by atoms with Crippen molar-refractivity contribution in [2.24, 2.45) is 0 Å². The van der Waals surface area contributed by atoms with Gasteiger partial charge in [-0.2, -0.15) is 5.26 Å². The molecular formula is C13H17NO2. The molecule has 0 aliphatic carbocycles. The molecule has 0 spiro atoms. The highest BCUT2D eigenvalue weighted by Crippen LogP contribution is 2.28. The molecule has 0 atom stereocenters. The minimum absolute atomic E-state index is 0.568. The van der Waals surface area contributed by atoms with E-state index in [-0.39, 0.29) is 0 Å². The number of unbranched alkanes of at least 4 members (excludes halogenated alkanes) is 1. The summed E-state index contributed by atoms with van der Waals surface area (Å²) >= 11 is 0. The van der Waals surface area contributed by atoms with Gasteiger partial charge in [0.15, 0.2) is 11.5 Å². The molecule has 0 aromatic heterocycles. The van der Waals surface area contributed by atoms with Crippen LogP contribution in [0.4, 0.5) is 0 Å². The van der Waals surface area contributed by atoms with Gasteiger partial charge < -0.3 is 9.47 Å². The summed E-state index contributed by atoms with van der Waals surface area (Å²) in [6, 6.07) is 7.33. The maximum absolute atomic E-state index is 8.79. The van der Waals surface area contributed by atoms with E-state index in [1.54, 1.807) is 18.2 Å². The van der Waals surface area contributed by atoms with Crippen LogP contribution < -0.4 is 9.47 Å². The summed E-state index contributed by atoms with van der Waals surface area (Å²) in [6.45, 7) is 5.28. The summed E-state index contributed by atoms with van der Waals surface area (Å²) in [6.07, 6.45) is 2.12. The predicted octanol–water partition coefficient (Wildman–Crippen LogP) is 3.14. The fourth-order valence-electron chi connectivity index (χ4n) is 1.29. The van der Waals surface area contributed by atoms with Gasteiger partial charge in [0, 0.05) is 6.07 Å². The average molecular weight is 219 g/mol. The summed E-state index contributed by atoms with van der Waals surface area (Å²) in [7, 11) is 0. The van der Waals surface area contributed by atoms with Crippen molar-refractivity contribution >= 4 is 0 Å². The van der Waals surface area contributed by atoms with Crippen molar-refractivity contribution in [3.63, 3.8) is 0 Å². The van der Waals surface area contributed by atoms with Crippen LogP contribution in [-0.4, -0.2) is 13.2 Å². The van der Waals surface area contributed by atoms with Crippen LogP contribution in [0.5, 0.6) is 11.5 Å². The smallest absolute Gasteiger partial charge is 0.162 e. The summed E-state index contributed by atoms with van der Waals surface area (Å²) in [5.74, 6) is 1.37. The van der Waals surface area contributed by atoms with Gasteiger partial charge in [0.05, 0.1) is 24.8 Å². The molecule has 0 saturated heterocycles. The SMILES string of the molecule is CCCCOc1ccc(C#N)cc1OCC. The fraction of sp³-hybridized carbons (Fsp3) is 0.462. The Balaban J connectivity index is 2.77. The summed E-state index contributed by atoms with van der Waals surface area (Å²) in [5.41, 5.74) is 0.589. The van der Waals surface area contributed by atoms with E-state index >= 15 is 0 Å². The molecule has 0 N–H and O–H groups in total. The predicted molar refractivity (Wildman–Crippen MR) is 62.7 cm³/mol. The van der Waals surface area contributed by atoms with E-state index < -0.39 is 0 Å². The van der Waals surface area contributed by atoms with E-state index in [4.69, 9.17) is 14.7 Å². The standard InChI is InChI=1S/C13H17NO2/c1-3-5-8-16-12-7-6-11(10-14)9-13(12)15-4-2/h6-7,9H,3-5,8H2,1-2H3. The van der Waals surface area contributed by atoms with Gasteiger partial charge in [0.1, 0.15) is 0 Å². The molecule has 1 aromatic rings. The van der Waals surface area contributed by atoms with Gasteiger partial charge in [0.2, 0.25) is 0 Å². The van der Waals surface area contributed by atoms with Crippen LogP contribution in [0.1, 0.15) is 32.3 Å². The molecule has 0 saturated carbocycles. The molecule has 0 aliphatic heterocycles. The van der Waals surface area contributed by atoms with E-state index in [1.165, 1.54) is 0 Å². The summed E-state index contributed by atoms with van der Waals surface area (Å²) in [4.78, 5) is 0. The number of rotatable bonds is 6. The van der Waals surface area contributed by atoms with Crippen molar-refractivity contribution in [2.75, 3.05) is 13.2 Å². The molecule has 0 bridgehead atoms. The van der Waals surface area contributed by atoms with Crippen molar-refractivity contribution < 1.29 is 9.47 Å². The normalized spacial score (nSPS) is 9.56. The van der Waals surface area contributed by atoms with Gasteiger partial charge in [-0.3, -0.25) is 0 Å². The second-order valence-corrected chi connectivity index (χ2v) is 3.41. The van der Waals surface area contributed by atoms with Crippen molar-refractivity contribution in [1.29, 1.82) is 5.26 Å². The number of nitriles is 1. The Hall–Kier alpha value is -1.69. The molecule has 16 heavy (non-hydrogen) atoms. The number of hydrogen-bond donors (Lipinski definition) is 0. The number of benzene rings is 1. The minimum atomic E-state index is 0.568. The lowest BCUT2D eigenvalue weighted by Crippen LogP contribution is -2.00. The highest BCUT2D eigenvalue weighted by atomic mass is 16.5. The average Bonchev–Trinajstić information content (AvgIpc) is 2.31. The zero-order chi connectivity index (χ0) is 11.8. The van der Waals surface area contributed by atoms with E-state index in [9.17, 15) is 0 Å². The third kappa shape index (κ3) is 3.47. The van der Waals surface area contributed by atoms with Crippen LogP contribution in [0.2, 0.25) is 0 Å². The maximum Gasteiger partial charge on any atom is 0.162 e. The summed E-state index contributed by atoms with van der Waals surface area (Å²) < 4.78 is 11.0. The highest BCUT2D eigenvalue weighted by molar-refractivity contribution is 5.46. The van der Waals surface area contributed by atoms with Crippen LogP contribution in [0, 0.1) is 11.3 Å². The Kier molecular flexibility index (Phi) is 5.21. The van der Waals surface area contributed by atoms with Crippen LogP contribution in [0.3, 0.4) is 0 Å². The van der Waals surface area contributed by atoms with Crippen molar-refractivity contribution in [3.8, 4) is 17.6 Å². The molecule has 0 radical (unpaired) electrons. The minimum Gasteiger partial charge on any atom is -0.490 e. The van der Waals surface area contributed by atoms with Crippen molar-refractivity contribution in [3.05, 3.63) is 23.8 Å². The first-order chi connectivity index (χ1) is 7.81. The lowest BCUT2D eigenvalue weighted by molar-refractivity contribution is 0.272. The van der Waals surface area contributed by atoms with E-state index in [2.05, 4.69) is 13.0 Å². The van der Waals surface area contributed by atoms with Gasteiger partial charge in [-0.05, 0) is 25.5 Å². The second kappa shape index (κ2) is 6.73. The topological polar surface area (TPSA) is 42.2 Å². The molecule has 86 valence electrons. The second-order valence-electron chi connectivity index (χ2n) is 3.41. The zero-order valence-electron chi connectivity index (χ0n) is 9.82. The zero-order valence-corrected chi connectivity index (χ0v) is 9.82. The van der Waals surface area contributed by atoms with E-state index in [1.807, 2.05) is 6.92 Å². The van der Waals surface area contributed by atoms with Crippen molar-refractivity contribution in [2.45, 2.75) is 26.7 Å². The third-order valence-electron chi connectivity index (χ3n) is 2.13. The molecule has 1 aromatic carbocycles. The largest absolute Gasteiger partial charge is 0.490 e.